The van der Waals surface area contributed by atoms with Crippen LogP contribution in [-0.4, -0.2) is 176 Å². The van der Waals surface area contributed by atoms with Gasteiger partial charge < -0.3 is 69.7 Å². The van der Waals surface area contributed by atoms with E-state index in [1.165, 1.54) is 13.8 Å². The third-order valence-corrected chi connectivity index (χ3v) is 12.1. The molecule has 1 saturated heterocycles. The van der Waals surface area contributed by atoms with Gasteiger partial charge in [-0.05, 0) is 93.9 Å². The second-order valence-corrected chi connectivity index (χ2v) is 21.0. The Balaban J connectivity index is 2.71. The first-order valence-corrected chi connectivity index (χ1v) is 28.1. The lowest BCUT2D eigenvalue weighted by Crippen LogP contribution is -2.48. The summed E-state index contributed by atoms with van der Waals surface area (Å²) in [5.41, 5.74) is 0. The van der Waals surface area contributed by atoms with Gasteiger partial charge in [0.2, 0.25) is 11.8 Å². The Morgan fingerprint density at radius 2 is 0.973 bits per heavy atom. The first kappa shape index (κ1) is 69.3. The number of amides is 4. The molecule has 10 atom stereocenters. The van der Waals surface area contributed by atoms with Crippen LogP contribution in [0.4, 0.5) is 0 Å². The molecule has 0 aromatic rings. The van der Waals surface area contributed by atoms with Crippen molar-refractivity contribution in [3.8, 4) is 0 Å². The summed E-state index contributed by atoms with van der Waals surface area (Å²) in [6, 6.07) is -1.95. The van der Waals surface area contributed by atoms with Crippen molar-refractivity contribution >= 4 is 51.2 Å². The average molecular weight is 1120 g/mol. The Labute approximate surface area is 440 Å². The number of unbranched alkanes of at least 4 members (excludes halogenated alkanes) is 2. The molecule has 75 heavy (non-hydrogen) atoms. The Morgan fingerprint density at radius 1 is 0.600 bits per heavy atom. The second-order valence-electron chi connectivity index (χ2n) is 18.1. The van der Waals surface area contributed by atoms with Gasteiger partial charge in [0.05, 0.1) is 76.8 Å². The number of hydrogen-bond donors (Lipinski definition) is 8. The summed E-state index contributed by atoms with van der Waals surface area (Å²) in [4.78, 5) is 97.0. The van der Waals surface area contributed by atoms with Gasteiger partial charge in [-0.25, -0.2) is 9.13 Å². The minimum atomic E-state index is -4.80. The van der Waals surface area contributed by atoms with Crippen molar-refractivity contribution in [2.75, 3.05) is 65.9 Å². The zero-order valence-corrected chi connectivity index (χ0v) is 46.4. The lowest BCUT2D eigenvalue weighted by molar-refractivity contribution is -0.159. The molecule has 0 spiro atoms. The number of nitrogens with one attached hydrogen (secondary N) is 4. The van der Waals surface area contributed by atoms with E-state index < -0.39 is 132 Å². The fourth-order valence-corrected chi connectivity index (χ4v) is 8.02. The van der Waals surface area contributed by atoms with Crippen molar-refractivity contribution < 1.29 is 104 Å². The fourth-order valence-electron chi connectivity index (χ4n) is 6.49. The Morgan fingerprint density at radius 3 is 1.32 bits per heavy atom. The molecule has 1 aliphatic heterocycles. The van der Waals surface area contributed by atoms with Crippen LogP contribution in [0.1, 0.15) is 120 Å². The molecule has 28 heteroatoms. The van der Waals surface area contributed by atoms with Crippen LogP contribution in [0.3, 0.4) is 0 Å². The zero-order valence-electron chi connectivity index (χ0n) is 44.6. The minimum Gasteiger partial charge on any atom is -0.462 e. The molecule has 8 N–H and O–H groups in total. The van der Waals surface area contributed by atoms with Crippen molar-refractivity contribution in [1.82, 2.24) is 21.3 Å². The maximum atomic E-state index is 13.2. The van der Waals surface area contributed by atoms with E-state index >= 15 is 0 Å². The first-order chi connectivity index (χ1) is 35.3. The Bertz CT molecular complexity index is 1740. The highest BCUT2D eigenvalue weighted by atomic mass is 31.2. The normalized spacial score (nSPS) is 19.5. The molecule has 1 heterocycles. The molecule has 4 unspecified atom stereocenters. The Kier molecular flexibility index (Phi) is 35.1. The molecule has 1 fully saturated rings. The van der Waals surface area contributed by atoms with Gasteiger partial charge in [-0.15, -0.1) is 0 Å². The summed E-state index contributed by atoms with van der Waals surface area (Å²) in [6.45, 7) is 9.69. The van der Waals surface area contributed by atoms with Crippen LogP contribution in [0.25, 0.3) is 0 Å². The zero-order chi connectivity index (χ0) is 56.5. The smallest absolute Gasteiger partial charge is 0.462 e. The monoisotopic (exact) mass is 1120 g/mol. The molecule has 0 aromatic carbocycles. The van der Waals surface area contributed by atoms with Crippen molar-refractivity contribution in [2.45, 2.75) is 174 Å². The molecule has 4 amide bonds. The molecular weight excluding hydrogens is 1030 g/mol. The van der Waals surface area contributed by atoms with Gasteiger partial charge >= 0.3 is 27.6 Å². The third kappa shape index (κ3) is 35.3. The van der Waals surface area contributed by atoms with Crippen molar-refractivity contribution in [2.24, 2.45) is 0 Å². The molecular formula is C47H84N4O22P2. The van der Waals surface area contributed by atoms with E-state index in [0.717, 1.165) is 0 Å². The maximum Gasteiger partial charge on any atom is 0.472 e. The van der Waals surface area contributed by atoms with Gasteiger partial charge in [0, 0.05) is 39.1 Å². The molecule has 0 aliphatic carbocycles. The standard InChI is InChI=1S/C47H84N4O22P2/c1-9-11-13-15-17-41(56)70-35(5)27-39(54)50-37(29-64-23-19-33(3)52)31-68-74(60,61)66-25-21-48-45(58)43-44(73-47(7,8)72-43)46(59)49-22-26-67-75(62,63)69-32-38(30-65-24-20-34(4)53)51-40(55)28-36(6)71-42(57)18-16-14-12-10-2/h9-12,33-38,43-44,52-53H,13-32H2,1-8H3,(H,48,58)(H,49,59)(H,50,54)(H,51,55)(H,60,61)(H,62,63)/b11-9-,12-10-/t33-,34-,35-,36-,37?,38?,43+,44+/m1/s1. The first-order valence-electron chi connectivity index (χ1n) is 25.1. The number of carbonyl (C=O) groups is 6. The summed E-state index contributed by atoms with van der Waals surface area (Å²) >= 11 is 0. The number of allylic oxidation sites excluding steroid dienone is 4. The molecule has 1 rings (SSSR count). The van der Waals surface area contributed by atoms with Crippen LogP contribution in [0, 0.1) is 0 Å². The van der Waals surface area contributed by atoms with E-state index in [2.05, 4.69) is 21.3 Å². The summed E-state index contributed by atoms with van der Waals surface area (Å²) in [5, 5.41) is 29.2. The number of aliphatic hydroxyl groups excluding tert-OH is 2. The van der Waals surface area contributed by atoms with E-state index in [9.17, 15) is 57.9 Å². The summed E-state index contributed by atoms with van der Waals surface area (Å²) in [6.07, 6.45) is 4.70. The average Bonchev–Trinajstić information content (AvgIpc) is 3.65. The van der Waals surface area contributed by atoms with Crippen LogP contribution in [0.15, 0.2) is 24.3 Å². The van der Waals surface area contributed by atoms with Crippen LogP contribution in [0.5, 0.6) is 0 Å². The summed E-state index contributed by atoms with van der Waals surface area (Å²) in [5.74, 6) is -5.21. The highest BCUT2D eigenvalue weighted by Gasteiger charge is 2.49. The quantitative estimate of drug-likeness (QED) is 0.0188. The molecule has 0 aromatic heterocycles. The molecule has 0 saturated carbocycles. The summed E-state index contributed by atoms with van der Waals surface area (Å²) in [7, 11) is -9.60. The van der Waals surface area contributed by atoms with E-state index in [1.807, 2.05) is 38.2 Å². The van der Waals surface area contributed by atoms with Crippen molar-refractivity contribution in [3.63, 3.8) is 0 Å². The topological polar surface area (TPSA) is 358 Å². The van der Waals surface area contributed by atoms with Gasteiger partial charge in [-0.2, -0.15) is 0 Å². The van der Waals surface area contributed by atoms with E-state index in [1.54, 1.807) is 27.7 Å². The molecule has 26 nitrogen and oxygen atoms in total. The number of phosphoric ester groups is 2. The van der Waals surface area contributed by atoms with E-state index in [4.69, 9.17) is 46.5 Å². The predicted molar refractivity (Wildman–Crippen MR) is 269 cm³/mol. The van der Waals surface area contributed by atoms with Gasteiger partial charge in [0.25, 0.3) is 11.8 Å². The Hall–Kier alpha value is -3.72. The van der Waals surface area contributed by atoms with Crippen LogP contribution in [-0.2, 0) is 84.4 Å². The van der Waals surface area contributed by atoms with Crippen molar-refractivity contribution in [1.29, 1.82) is 0 Å². The minimum absolute atomic E-state index is 0.100. The number of phosphoric acid groups is 2. The van der Waals surface area contributed by atoms with Gasteiger partial charge in [0.1, 0.15) is 12.2 Å². The predicted octanol–water partition coefficient (Wildman–Crippen LogP) is 2.69. The van der Waals surface area contributed by atoms with E-state index in [0.29, 0.717) is 25.7 Å². The van der Waals surface area contributed by atoms with Crippen LogP contribution < -0.4 is 21.3 Å². The number of carbonyl (C=O) groups excluding carboxylic acids is 6. The lowest BCUT2D eigenvalue weighted by Gasteiger charge is -2.22. The van der Waals surface area contributed by atoms with Crippen molar-refractivity contribution in [3.05, 3.63) is 24.3 Å². The number of esters is 2. The maximum absolute atomic E-state index is 13.2. The van der Waals surface area contributed by atoms with Gasteiger partial charge in [-0.1, -0.05) is 24.3 Å². The highest BCUT2D eigenvalue weighted by molar-refractivity contribution is 7.47. The molecule has 1 aliphatic rings. The molecule has 434 valence electrons. The van der Waals surface area contributed by atoms with Crippen LogP contribution in [0.2, 0.25) is 0 Å². The number of ether oxygens (including phenoxy) is 6. The molecule has 0 radical (unpaired) electrons. The number of hydrogen-bond acceptors (Lipinski definition) is 20. The van der Waals surface area contributed by atoms with Crippen LogP contribution >= 0.6 is 15.6 Å². The lowest BCUT2D eigenvalue weighted by atomic mass is 10.2. The SMILES string of the molecule is C/C=C\CCCC(=O)O[C@H](C)CC(=O)NC(COCC[C@@H](C)O)COP(=O)(O)OCCNC(=O)[C@H]1OC(C)(C)O[C@@H]1C(=O)NCCOP(=O)(O)OCC(COCC[C@@H](C)O)NC(=O)C[C@@H](C)OC(=O)CCC/C=C\C. The van der Waals surface area contributed by atoms with E-state index in [-0.39, 0.29) is 78.0 Å². The number of aliphatic hydroxyl groups is 2. The fraction of sp³-hybridized carbons (Fsp3) is 0.787. The highest BCUT2D eigenvalue weighted by Crippen LogP contribution is 2.43. The number of rotatable bonds is 42. The third-order valence-electron chi connectivity index (χ3n) is 10.1. The second kappa shape index (κ2) is 37.9. The van der Waals surface area contributed by atoms with Gasteiger partial charge in [0.15, 0.2) is 18.0 Å². The summed E-state index contributed by atoms with van der Waals surface area (Å²) < 4.78 is 78.7. The largest absolute Gasteiger partial charge is 0.472 e. The molecule has 0 bridgehead atoms. The van der Waals surface area contributed by atoms with Gasteiger partial charge in [-0.3, -0.25) is 46.9 Å².